The summed E-state index contributed by atoms with van der Waals surface area (Å²) in [5, 5.41) is 10.3. The fourth-order valence-electron chi connectivity index (χ4n) is 2.89. The molecule has 0 bridgehead atoms. The van der Waals surface area contributed by atoms with Crippen molar-refractivity contribution < 1.29 is 18.8 Å². The van der Waals surface area contributed by atoms with Crippen molar-refractivity contribution in [3.63, 3.8) is 0 Å². The second kappa shape index (κ2) is 9.74. The highest BCUT2D eigenvalue weighted by Crippen LogP contribution is 2.23. The molecule has 1 aliphatic rings. The van der Waals surface area contributed by atoms with Crippen molar-refractivity contribution in [2.45, 2.75) is 38.6 Å². The Kier molecular flexibility index (Phi) is 7.37. The minimum atomic E-state index is -0.467. The maximum atomic E-state index is 12.8. The Hall–Kier alpha value is -2.64. The van der Waals surface area contributed by atoms with E-state index in [-0.39, 0.29) is 25.2 Å². The van der Waals surface area contributed by atoms with Gasteiger partial charge in [-0.05, 0) is 43.0 Å². The summed E-state index contributed by atoms with van der Waals surface area (Å²) in [6.07, 6.45) is 4.32. The molecule has 1 aliphatic carbocycles. The molecule has 0 spiro atoms. The zero-order valence-electron chi connectivity index (χ0n) is 14.8. The number of amides is 4. The molecule has 142 valence electrons. The molecule has 4 amide bonds. The molecule has 1 saturated carbocycles. The molecule has 1 aromatic carbocycles. The van der Waals surface area contributed by atoms with E-state index in [1.54, 1.807) is 0 Å². The molecule has 1 aromatic rings. The van der Waals surface area contributed by atoms with Crippen molar-refractivity contribution in [1.29, 1.82) is 0 Å². The van der Waals surface area contributed by atoms with Crippen LogP contribution in [-0.4, -0.2) is 37.0 Å². The predicted molar refractivity (Wildman–Crippen MR) is 96.0 cm³/mol. The Labute approximate surface area is 152 Å². The van der Waals surface area contributed by atoms with Gasteiger partial charge in [-0.15, -0.1) is 0 Å². The van der Waals surface area contributed by atoms with Gasteiger partial charge in [0.25, 0.3) is 0 Å². The predicted octanol–water partition coefficient (Wildman–Crippen LogP) is 1.76. The van der Waals surface area contributed by atoms with E-state index >= 15 is 0 Å². The van der Waals surface area contributed by atoms with E-state index in [1.165, 1.54) is 30.7 Å². The first-order chi connectivity index (χ1) is 12.4. The number of halogens is 1. The van der Waals surface area contributed by atoms with E-state index < -0.39 is 17.6 Å². The minimum Gasteiger partial charge on any atom is -0.345 e. The van der Waals surface area contributed by atoms with Crippen LogP contribution in [0.3, 0.4) is 0 Å². The van der Waals surface area contributed by atoms with Gasteiger partial charge in [0.1, 0.15) is 5.82 Å². The zero-order valence-corrected chi connectivity index (χ0v) is 14.8. The third-order valence-corrected chi connectivity index (χ3v) is 4.41. The Morgan fingerprint density at radius 3 is 2.35 bits per heavy atom. The van der Waals surface area contributed by atoms with Crippen LogP contribution in [0.1, 0.15) is 32.6 Å². The van der Waals surface area contributed by atoms with Crippen molar-refractivity contribution in [2.75, 3.05) is 18.4 Å². The summed E-state index contributed by atoms with van der Waals surface area (Å²) in [7, 11) is 0. The summed E-state index contributed by atoms with van der Waals surface area (Å²) in [5.74, 6) is -0.877. The van der Waals surface area contributed by atoms with Gasteiger partial charge in [-0.25, -0.2) is 9.18 Å². The van der Waals surface area contributed by atoms with Crippen LogP contribution in [0.15, 0.2) is 24.3 Å². The molecule has 0 saturated heterocycles. The van der Waals surface area contributed by atoms with Gasteiger partial charge in [0.05, 0.1) is 13.1 Å². The number of carbonyl (C=O) groups excluding carboxylic acids is 3. The second-order valence-corrected chi connectivity index (χ2v) is 6.53. The SMILES string of the molecule is C[C@H]1CCCC[C@H]1NC(=O)NCC(=O)NCC(=O)Nc1ccc(F)cc1. The van der Waals surface area contributed by atoms with E-state index in [1.807, 2.05) is 0 Å². The van der Waals surface area contributed by atoms with Gasteiger partial charge in [0.15, 0.2) is 0 Å². The standard InChI is InChI=1S/C18H25FN4O3/c1-12-4-2-3-5-15(12)23-18(26)21-10-16(24)20-11-17(25)22-14-8-6-13(19)7-9-14/h6-9,12,15H,2-5,10-11H2,1H3,(H,20,24)(H,22,25)(H2,21,23,26)/t12-,15+/m0/s1. The number of nitrogens with one attached hydrogen (secondary N) is 4. The second-order valence-electron chi connectivity index (χ2n) is 6.53. The van der Waals surface area contributed by atoms with E-state index in [0.29, 0.717) is 11.6 Å². The summed E-state index contributed by atoms with van der Waals surface area (Å²) in [4.78, 5) is 35.3. The monoisotopic (exact) mass is 364 g/mol. The molecule has 0 unspecified atom stereocenters. The normalized spacial score (nSPS) is 19.3. The lowest BCUT2D eigenvalue weighted by Crippen LogP contribution is -2.48. The first kappa shape index (κ1) is 19.7. The minimum absolute atomic E-state index is 0.133. The third-order valence-electron chi connectivity index (χ3n) is 4.41. The number of hydrogen-bond donors (Lipinski definition) is 4. The van der Waals surface area contributed by atoms with Crippen molar-refractivity contribution >= 4 is 23.5 Å². The van der Waals surface area contributed by atoms with Gasteiger partial charge in [0, 0.05) is 11.7 Å². The molecule has 26 heavy (non-hydrogen) atoms. The van der Waals surface area contributed by atoms with Gasteiger partial charge >= 0.3 is 6.03 Å². The summed E-state index contributed by atoms with van der Waals surface area (Å²) < 4.78 is 12.8. The van der Waals surface area contributed by atoms with Gasteiger partial charge < -0.3 is 21.3 Å². The van der Waals surface area contributed by atoms with Crippen LogP contribution >= 0.6 is 0 Å². The van der Waals surface area contributed by atoms with E-state index in [4.69, 9.17) is 0 Å². The fourth-order valence-corrected chi connectivity index (χ4v) is 2.89. The fraction of sp³-hybridized carbons (Fsp3) is 0.500. The van der Waals surface area contributed by atoms with Crippen molar-refractivity contribution in [2.24, 2.45) is 5.92 Å². The molecule has 2 rings (SSSR count). The molecule has 0 aliphatic heterocycles. The van der Waals surface area contributed by atoms with Gasteiger partial charge in [-0.1, -0.05) is 19.8 Å². The number of benzene rings is 1. The molecule has 1 fully saturated rings. The number of urea groups is 1. The molecule has 7 nitrogen and oxygen atoms in total. The Bertz CT molecular complexity index is 636. The molecule has 0 heterocycles. The maximum Gasteiger partial charge on any atom is 0.315 e. The van der Waals surface area contributed by atoms with Crippen LogP contribution in [-0.2, 0) is 9.59 Å². The first-order valence-electron chi connectivity index (χ1n) is 8.80. The molecule has 2 atom stereocenters. The van der Waals surface area contributed by atoms with Crippen LogP contribution in [0.5, 0.6) is 0 Å². The average Bonchev–Trinajstić information content (AvgIpc) is 2.62. The van der Waals surface area contributed by atoms with Gasteiger partial charge in [-0.3, -0.25) is 9.59 Å². The molecule has 8 heteroatoms. The topological polar surface area (TPSA) is 99.3 Å². The summed E-state index contributed by atoms with van der Waals surface area (Å²) in [6, 6.07) is 5.05. The van der Waals surface area contributed by atoms with Crippen molar-refractivity contribution in [3.8, 4) is 0 Å². The number of anilines is 1. The Balaban J connectivity index is 1.62. The maximum absolute atomic E-state index is 12.8. The number of hydrogen-bond acceptors (Lipinski definition) is 3. The van der Waals surface area contributed by atoms with Crippen molar-refractivity contribution in [3.05, 3.63) is 30.1 Å². The van der Waals surface area contributed by atoms with Crippen LogP contribution in [0.4, 0.5) is 14.9 Å². The molecule has 4 N–H and O–H groups in total. The Morgan fingerprint density at radius 2 is 1.65 bits per heavy atom. The first-order valence-corrected chi connectivity index (χ1v) is 8.80. The lowest BCUT2D eigenvalue weighted by Gasteiger charge is -2.29. The highest BCUT2D eigenvalue weighted by molar-refractivity contribution is 5.95. The molecular weight excluding hydrogens is 339 g/mol. The van der Waals surface area contributed by atoms with Crippen LogP contribution < -0.4 is 21.3 Å². The molecule has 0 radical (unpaired) electrons. The quantitative estimate of drug-likeness (QED) is 0.619. The highest BCUT2D eigenvalue weighted by Gasteiger charge is 2.22. The smallest absolute Gasteiger partial charge is 0.315 e. The largest absolute Gasteiger partial charge is 0.345 e. The van der Waals surface area contributed by atoms with Crippen molar-refractivity contribution in [1.82, 2.24) is 16.0 Å². The van der Waals surface area contributed by atoms with E-state index in [9.17, 15) is 18.8 Å². The highest BCUT2D eigenvalue weighted by atomic mass is 19.1. The molecular formula is C18H25FN4O3. The summed E-state index contributed by atoms with van der Waals surface area (Å²) >= 11 is 0. The van der Waals surface area contributed by atoms with Crippen LogP contribution in [0.2, 0.25) is 0 Å². The van der Waals surface area contributed by atoms with Gasteiger partial charge in [-0.2, -0.15) is 0 Å². The third kappa shape index (κ3) is 6.70. The summed E-state index contributed by atoms with van der Waals surface area (Å²) in [5.41, 5.74) is 0.435. The van der Waals surface area contributed by atoms with Crippen LogP contribution in [0, 0.1) is 11.7 Å². The Morgan fingerprint density at radius 1 is 1.00 bits per heavy atom. The lowest BCUT2D eigenvalue weighted by molar-refractivity contribution is -0.123. The van der Waals surface area contributed by atoms with Crippen LogP contribution in [0.25, 0.3) is 0 Å². The number of carbonyl (C=O) groups is 3. The lowest BCUT2D eigenvalue weighted by atomic mass is 9.86. The van der Waals surface area contributed by atoms with E-state index in [0.717, 1.165) is 19.3 Å². The average molecular weight is 364 g/mol. The molecule has 0 aromatic heterocycles. The summed E-state index contributed by atoms with van der Waals surface area (Å²) in [6.45, 7) is 1.66. The van der Waals surface area contributed by atoms with E-state index in [2.05, 4.69) is 28.2 Å². The van der Waals surface area contributed by atoms with Gasteiger partial charge in [0.2, 0.25) is 11.8 Å². The number of rotatable bonds is 6. The zero-order chi connectivity index (χ0) is 18.9.